The lowest BCUT2D eigenvalue weighted by Crippen LogP contribution is -2.07. The van der Waals surface area contributed by atoms with E-state index in [1.807, 2.05) is 18.2 Å². The second-order valence-corrected chi connectivity index (χ2v) is 3.85. The van der Waals surface area contributed by atoms with Gasteiger partial charge < -0.3 is 5.43 Å². The van der Waals surface area contributed by atoms with Crippen molar-refractivity contribution in [2.24, 2.45) is 5.84 Å². The van der Waals surface area contributed by atoms with Crippen molar-refractivity contribution in [1.82, 2.24) is 0 Å². The molecule has 0 saturated carbocycles. The standard InChI is InChI=1S/C6H6BrIN2/c7-4-1-2-5(8)6(3-4)10-9/h1-3,10H,9H2. The van der Waals surface area contributed by atoms with E-state index in [2.05, 4.69) is 43.9 Å². The van der Waals surface area contributed by atoms with Crippen LogP contribution in [0.3, 0.4) is 0 Å². The van der Waals surface area contributed by atoms with E-state index in [4.69, 9.17) is 5.84 Å². The molecule has 4 heteroatoms. The number of hydrazine groups is 1. The highest BCUT2D eigenvalue weighted by atomic mass is 127. The molecule has 0 aliphatic heterocycles. The fraction of sp³-hybridized carbons (Fsp3) is 0. The molecule has 0 amide bonds. The maximum Gasteiger partial charge on any atom is 0.0629 e. The Kier molecular flexibility index (Phi) is 2.94. The second kappa shape index (κ2) is 3.54. The molecule has 0 aliphatic rings. The number of anilines is 1. The van der Waals surface area contributed by atoms with E-state index in [1.54, 1.807) is 0 Å². The number of halogens is 2. The Morgan fingerprint density at radius 1 is 1.50 bits per heavy atom. The minimum atomic E-state index is 0.940. The Morgan fingerprint density at radius 2 is 2.20 bits per heavy atom. The summed E-state index contributed by atoms with van der Waals surface area (Å²) in [5.41, 5.74) is 3.54. The predicted molar refractivity (Wildman–Crippen MR) is 54.7 cm³/mol. The molecule has 3 N–H and O–H groups in total. The highest BCUT2D eigenvalue weighted by Crippen LogP contribution is 2.21. The molecular weight excluding hydrogens is 307 g/mol. The van der Waals surface area contributed by atoms with Gasteiger partial charge in [-0.05, 0) is 40.8 Å². The fourth-order valence-corrected chi connectivity index (χ4v) is 1.46. The molecule has 0 heterocycles. The molecule has 0 unspecified atom stereocenters. The fourth-order valence-electron chi connectivity index (χ4n) is 0.608. The van der Waals surface area contributed by atoms with Crippen LogP contribution in [0, 0.1) is 3.57 Å². The van der Waals surface area contributed by atoms with Crippen LogP contribution < -0.4 is 11.3 Å². The van der Waals surface area contributed by atoms with E-state index in [-0.39, 0.29) is 0 Å². The summed E-state index contributed by atoms with van der Waals surface area (Å²) in [6.07, 6.45) is 0. The van der Waals surface area contributed by atoms with Crippen molar-refractivity contribution in [2.75, 3.05) is 5.43 Å². The Balaban J connectivity index is 3.09. The smallest absolute Gasteiger partial charge is 0.0629 e. The predicted octanol–water partition coefficient (Wildman–Crippen LogP) is 2.34. The largest absolute Gasteiger partial charge is 0.323 e. The first kappa shape index (κ1) is 8.29. The quantitative estimate of drug-likeness (QED) is 0.474. The first-order valence-electron chi connectivity index (χ1n) is 2.65. The molecule has 2 nitrogen and oxygen atoms in total. The van der Waals surface area contributed by atoms with E-state index in [1.165, 1.54) is 0 Å². The number of benzene rings is 1. The molecule has 0 radical (unpaired) electrons. The zero-order valence-electron chi connectivity index (χ0n) is 5.07. The van der Waals surface area contributed by atoms with Crippen molar-refractivity contribution in [2.45, 2.75) is 0 Å². The van der Waals surface area contributed by atoms with E-state index in [0.29, 0.717) is 0 Å². The van der Waals surface area contributed by atoms with Crippen LogP contribution >= 0.6 is 38.5 Å². The number of rotatable bonds is 1. The normalized spacial score (nSPS) is 9.50. The third-order valence-electron chi connectivity index (χ3n) is 1.08. The van der Waals surface area contributed by atoms with Gasteiger partial charge in [0.2, 0.25) is 0 Å². The summed E-state index contributed by atoms with van der Waals surface area (Å²) in [6, 6.07) is 5.89. The van der Waals surface area contributed by atoms with E-state index < -0.39 is 0 Å². The van der Waals surface area contributed by atoms with Gasteiger partial charge in [-0.15, -0.1) is 0 Å². The van der Waals surface area contributed by atoms with Gasteiger partial charge in [0, 0.05) is 8.04 Å². The highest BCUT2D eigenvalue weighted by Gasteiger charge is 1.95. The van der Waals surface area contributed by atoms with Crippen molar-refractivity contribution in [3.05, 3.63) is 26.2 Å². The average Bonchev–Trinajstić information content (AvgIpc) is 1.94. The Morgan fingerprint density at radius 3 is 2.70 bits per heavy atom. The molecule has 0 atom stereocenters. The van der Waals surface area contributed by atoms with Gasteiger partial charge in [-0.1, -0.05) is 15.9 Å². The van der Waals surface area contributed by atoms with Gasteiger partial charge in [0.05, 0.1) is 5.69 Å². The molecule has 0 spiro atoms. The highest BCUT2D eigenvalue weighted by molar-refractivity contribution is 14.1. The van der Waals surface area contributed by atoms with Crippen molar-refractivity contribution in [3.63, 3.8) is 0 Å². The second-order valence-electron chi connectivity index (χ2n) is 1.77. The first-order chi connectivity index (χ1) is 4.74. The van der Waals surface area contributed by atoms with Crippen LogP contribution in [0.1, 0.15) is 0 Å². The van der Waals surface area contributed by atoms with Crippen LogP contribution in [-0.2, 0) is 0 Å². The molecular formula is C6H6BrIN2. The van der Waals surface area contributed by atoms with Crippen LogP contribution in [0.25, 0.3) is 0 Å². The summed E-state index contributed by atoms with van der Waals surface area (Å²) in [4.78, 5) is 0. The first-order valence-corrected chi connectivity index (χ1v) is 4.53. The van der Waals surface area contributed by atoms with Gasteiger partial charge in [0.1, 0.15) is 0 Å². The molecule has 1 rings (SSSR count). The third kappa shape index (κ3) is 1.83. The lowest BCUT2D eigenvalue weighted by atomic mass is 10.3. The topological polar surface area (TPSA) is 38.0 Å². The van der Waals surface area contributed by atoms with Crippen molar-refractivity contribution < 1.29 is 0 Å². The molecule has 10 heavy (non-hydrogen) atoms. The Hall–Kier alpha value is 0.190. The lowest BCUT2D eigenvalue weighted by molar-refractivity contribution is 1.33. The van der Waals surface area contributed by atoms with E-state index >= 15 is 0 Å². The SMILES string of the molecule is NNc1cc(Br)ccc1I. The van der Waals surface area contributed by atoms with Gasteiger partial charge in [-0.25, -0.2) is 0 Å². The van der Waals surface area contributed by atoms with Crippen LogP contribution in [0.4, 0.5) is 5.69 Å². The van der Waals surface area contributed by atoms with Gasteiger partial charge >= 0.3 is 0 Å². The molecule has 0 aliphatic carbocycles. The summed E-state index contributed by atoms with van der Waals surface area (Å²) in [7, 11) is 0. The molecule has 1 aromatic rings. The summed E-state index contributed by atoms with van der Waals surface area (Å²) in [6.45, 7) is 0. The van der Waals surface area contributed by atoms with Crippen molar-refractivity contribution in [1.29, 1.82) is 0 Å². The Labute approximate surface area is 81.4 Å². The summed E-state index contributed by atoms with van der Waals surface area (Å²) >= 11 is 5.55. The maximum atomic E-state index is 5.24. The number of hydrogen-bond acceptors (Lipinski definition) is 2. The number of nitrogens with one attached hydrogen (secondary N) is 1. The van der Waals surface area contributed by atoms with E-state index in [9.17, 15) is 0 Å². The minimum Gasteiger partial charge on any atom is -0.323 e. The zero-order valence-corrected chi connectivity index (χ0v) is 8.81. The zero-order chi connectivity index (χ0) is 7.56. The average molecular weight is 313 g/mol. The van der Waals surface area contributed by atoms with Crippen LogP contribution in [0.5, 0.6) is 0 Å². The van der Waals surface area contributed by atoms with Gasteiger partial charge in [-0.2, -0.15) is 0 Å². The van der Waals surface area contributed by atoms with Crippen molar-refractivity contribution in [3.8, 4) is 0 Å². The molecule has 54 valence electrons. The van der Waals surface area contributed by atoms with Gasteiger partial charge in [-0.3, -0.25) is 5.84 Å². The van der Waals surface area contributed by atoms with Crippen LogP contribution in [0.15, 0.2) is 22.7 Å². The third-order valence-corrected chi connectivity index (χ3v) is 2.52. The summed E-state index contributed by atoms with van der Waals surface area (Å²) < 4.78 is 2.14. The number of nitrogens with two attached hydrogens (primary N) is 1. The molecule has 0 saturated heterocycles. The lowest BCUT2D eigenvalue weighted by Gasteiger charge is -2.02. The number of hydrogen-bond donors (Lipinski definition) is 2. The summed E-state index contributed by atoms with van der Waals surface area (Å²) in [5.74, 6) is 5.24. The van der Waals surface area contributed by atoms with Crippen LogP contribution in [-0.4, -0.2) is 0 Å². The van der Waals surface area contributed by atoms with Crippen molar-refractivity contribution >= 4 is 44.2 Å². The molecule has 0 aromatic heterocycles. The van der Waals surface area contributed by atoms with Crippen LogP contribution in [0.2, 0.25) is 0 Å². The Bertz CT molecular complexity index is 239. The summed E-state index contributed by atoms with van der Waals surface area (Å²) in [5, 5.41) is 0. The number of nitrogen functional groups attached to an aromatic ring is 1. The van der Waals surface area contributed by atoms with Gasteiger partial charge in [0.25, 0.3) is 0 Å². The molecule has 0 fully saturated rings. The van der Waals surface area contributed by atoms with Gasteiger partial charge in [0.15, 0.2) is 0 Å². The minimum absolute atomic E-state index is 0.940. The molecule has 0 bridgehead atoms. The van der Waals surface area contributed by atoms with E-state index in [0.717, 1.165) is 13.7 Å². The maximum absolute atomic E-state index is 5.24. The molecule has 1 aromatic carbocycles. The monoisotopic (exact) mass is 312 g/mol.